The van der Waals surface area contributed by atoms with Crippen LogP contribution in [-0.2, 0) is 4.79 Å². The molecule has 0 saturated heterocycles. The van der Waals surface area contributed by atoms with E-state index in [9.17, 15) is 9.59 Å². The standard InChI is InChI=1S/C13H9Cl2N5O2S/c14-6-2-1-3-7(9(6)15)18-8(21)4-23-13-19-11-10(12(22)20-13)16-5-17-11/h1-3,5H,4H2,(H,18,21)(H2,16,17,19,20,22). The number of hydrogen-bond acceptors (Lipinski definition) is 5. The summed E-state index contributed by atoms with van der Waals surface area (Å²) in [6.45, 7) is 0. The van der Waals surface area contributed by atoms with E-state index >= 15 is 0 Å². The summed E-state index contributed by atoms with van der Waals surface area (Å²) in [6.07, 6.45) is 1.38. The van der Waals surface area contributed by atoms with Gasteiger partial charge in [0, 0.05) is 0 Å². The zero-order valence-corrected chi connectivity index (χ0v) is 13.7. The molecule has 1 amide bonds. The summed E-state index contributed by atoms with van der Waals surface area (Å²) in [7, 11) is 0. The molecule has 1 aromatic carbocycles. The normalized spacial score (nSPS) is 10.9. The van der Waals surface area contributed by atoms with E-state index in [2.05, 4.69) is 25.3 Å². The van der Waals surface area contributed by atoms with E-state index < -0.39 is 0 Å². The van der Waals surface area contributed by atoms with Gasteiger partial charge in [-0.15, -0.1) is 0 Å². The number of aromatic amines is 2. The van der Waals surface area contributed by atoms with Gasteiger partial charge in [0.05, 0.1) is 27.8 Å². The number of halogens is 2. The van der Waals surface area contributed by atoms with Crippen molar-refractivity contribution in [2.24, 2.45) is 0 Å². The monoisotopic (exact) mass is 369 g/mol. The number of amides is 1. The topological polar surface area (TPSA) is 104 Å². The first-order valence-corrected chi connectivity index (χ1v) is 8.09. The predicted molar refractivity (Wildman–Crippen MR) is 90.3 cm³/mol. The summed E-state index contributed by atoms with van der Waals surface area (Å²) < 4.78 is 0. The molecule has 3 N–H and O–H groups in total. The van der Waals surface area contributed by atoms with Crippen molar-refractivity contribution in [2.75, 3.05) is 11.1 Å². The van der Waals surface area contributed by atoms with Gasteiger partial charge in [-0.1, -0.05) is 41.0 Å². The number of nitrogens with one attached hydrogen (secondary N) is 3. The van der Waals surface area contributed by atoms with Gasteiger partial charge in [-0.3, -0.25) is 14.6 Å². The number of fused-ring (bicyclic) bond motifs is 1. The van der Waals surface area contributed by atoms with Crippen LogP contribution in [0.5, 0.6) is 0 Å². The minimum absolute atomic E-state index is 0.0434. The molecule has 118 valence electrons. The SMILES string of the molecule is O=C(CSc1nc2nc[nH]c2c(=O)[nH]1)Nc1cccc(Cl)c1Cl. The van der Waals surface area contributed by atoms with E-state index in [0.717, 1.165) is 11.8 Å². The molecule has 0 radical (unpaired) electrons. The van der Waals surface area contributed by atoms with Crippen LogP contribution in [0.15, 0.2) is 34.5 Å². The molecule has 0 fully saturated rings. The lowest BCUT2D eigenvalue weighted by Crippen LogP contribution is -2.16. The van der Waals surface area contributed by atoms with Crippen LogP contribution in [0.4, 0.5) is 5.69 Å². The lowest BCUT2D eigenvalue weighted by Gasteiger charge is -2.07. The van der Waals surface area contributed by atoms with Gasteiger partial charge < -0.3 is 10.3 Å². The van der Waals surface area contributed by atoms with E-state index in [1.54, 1.807) is 18.2 Å². The van der Waals surface area contributed by atoms with E-state index in [0.29, 0.717) is 27.0 Å². The molecule has 0 unspecified atom stereocenters. The lowest BCUT2D eigenvalue weighted by atomic mass is 10.3. The Balaban J connectivity index is 1.68. The molecule has 2 aromatic heterocycles. The van der Waals surface area contributed by atoms with Crippen LogP contribution in [0.1, 0.15) is 0 Å². The highest BCUT2D eigenvalue weighted by Gasteiger charge is 2.11. The summed E-state index contributed by atoms with van der Waals surface area (Å²) in [5.74, 6) is -0.259. The summed E-state index contributed by atoms with van der Waals surface area (Å²) in [4.78, 5) is 37.1. The number of nitrogens with zero attached hydrogens (tertiary/aromatic N) is 2. The van der Waals surface area contributed by atoms with Gasteiger partial charge in [-0.25, -0.2) is 9.97 Å². The van der Waals surface area contributed by atoms with Gasteiger partial charge in [0.1, 0.15) is 0 Å². The van der Waals surface area contributed by atoms with Crippen molar-refractivity contribution in [1.29, 1.82) is 0 Å². The van der Waals surface area contributed by atoms with Crippen molar-refractivity contribution in [1.82, 2.24) is 19.9 Å². The maximum absolute atomic E-state index is 12.0. The number of rotatable bonds is 4. The minimum Gasteiger partial charge on any atom is -0.339 e. The summed E-state index contributed by atoms with van der Waals surface area (Å²) in [5, 5.41) is 3.59. The predicted octanol–water partition coefficient (Wildman–Crippen LogP) is 2.68. The third kappa shape index (κ3) is 3.49. The van der Waals surface area contributed by atoms with Gasteiger partial charge in [0.25, 0.3) is 5.56 Å². The Hall–Kier alpha value is -2.03. The number of thioether (sulfide) groups is 1. The van der Waals surface area contributed by atoms with E-state index in [4.69, 9.17) is 23.2 Å². The molecular weight excluding hydrogens is 361 g/mol. The van der Waals surface area contributed by atoms with Gasteiger partial charge in [0.15, 0.2) is 16.3 Å². The molecule has 0 aliphatic rings. The van der Waals surface area contributed by atoms with Crippen molar-refractivity contribution in [3.63, 3.8) is 0 Å². The molecule has 2 heterocycles. The number of anilines is 1. The average Bonchev–Trinajstić information content (AvgIpc) is 2.99. The van der Waals surface area contributed by atoms with E-state index in [-0.39, 0.29) is 22.2 Å². The van der Waals surface area contributed by atoms with Crippen LogP contribution in [0.2, 0.25) is 10.0 Å². The summed E-state index contributed by atoms with van der Waals surface area (Å²) in [5.41, 5.74) is 0.682. The number of carbonyl (C=O) groups is 1. The molecule has 0 aliphatic heterocycles. The number of H-pyrrole nitrogens is 2. The second kappa shape index (κ2) is 6.61. The van der Waals surface area contributed by atoms with Crippen molar-refractivity contribution in [3.8, 4) is 0 Å². The van der Waals surface area contributed by atoms with Crippen LogP contribution in [0.25, 0.3) is 11.2 Å². The van der Waals surface area contributed by atoms with Gasteiger partial charge in [-0.2, -0.15) is 0 Å². The largest absolute Gasteiger partial charge is 0.339 e. The van der Waals surface area contributed by atoms with Gasteiger partial charge in [-0.05, 0) is 12.1 Å². The maximum atomic E-state index is 12.0. The van der Waals surface area contributed by atoms with Crippen molar-refractivity contribution >= 4 is 57.7 Å². The molecule has 0 aliphatic carbocycles. The fourth-order valence-corrected chi connectivity index (χ4v) is 2.82. The number of aromatic nitrogens is 4. The molecule has 0 bridgehead atoms. The lowest BCUT2D eigenvalue weighted by molar-refractivity contribution is -0.113. The first-order chi connectivity index (χ1) is 11.0. The minimum atomic E-state index is -0.340. The van der Waals surface area contributed by atoms with Crippen molar-refractivity contribution < 1.29 is 4.79 Å². The third-order valence-electron chi connectivity index (χ3n) is 2.84. The summed E-state index contributed by atoms with van der Waals surface area (Å²) in [6, 6.07) is 4.95. The second-order valence-electron chi connectivity index (χ2n) is 4.41. The highest BCUT2D eigenvalue weighted by Crippen LogP contribution is 2.29. The fourth-order valence-electron chi connectivity index (χ4n) is 1.81. The smallest absolute Gasteiger partial charge is 0.277 e. The molecule has 0 atom stereocenters. The highest BCUT2D eigenvalue weighted by atomic mass is 35.5. The van der Waals surface area contributed by atoms with E-state index in [1.807, 2.05) is 0 Å². The Morgan fingerprint density at radius 3 is 3.00 bits per heavy atom. The van der Waals surface area contributed by atoms with Crippen LogP contribution >= 0.6 is 35.0 Å². The first-order valence-electron chi connectivity index (χ1n) is 6.34. The van der Waals surface area contributed by atoms with Crippen LogP contribution < -0.4 is 10.9 Å². The maximum Gasteiger partial charge on any atom is 0.277 e. The van der Waals surface area contributed by atoms with Crippen molar-refractivity contribution in [3.05, 3.63) is 44.9 Å². The van der Waals surface area contributed by atoms with Crippen molar-refractivity contribution in [2.45, 2.75) is 5.16 Å². The quantitative estimate of drug-likeness (QED) is 0.484. The first kappa shape index (κ1) is 15.9. The Labute approximate surface area is 143 Å². The number of benzene rings is 1. The Morgan fingerprint density at radius 1 is 1.35 bits per heavy atom. The molecule has 3 rings (SSSR count). The molecule has 10 heteroatoms. The second-order valence-corrected chi connectivity index (χ2v) is 6.16. The Morgan fingerprint density at radius 2 is 2.17 bits per heavy atom. The van der Waals surface area contributed by atoms with Gasteiger partial charge in [0.2, 0.25) is 5.91 Å². The van der Waals surface area contributed by atoms with Crippen LogP contribution in [0, 0.1) is 0 Å². The number of carbonyl (C=O) groups excluding carboxylic acids is 1. The number of imidazole rings is 1. The molecule has 7 nitrogen and oxygen atoms in total. The average molecular weight is 370 g/mol. The van der Waals surface area contributed by atoms with Gasteiger partial charge >= 0.3 is 0 Å². The fraction of sp³-hybridized carbons (Fsp3) is 0.0769. The third-order valence-corrected chi connectivity index (χ3v) is 4.53. The zero-order chi connectivity index (χ0) is 16.4. The highest BCUT2D eigenvalue weighted by molar-refractivity contribution is 7.99. The molecule has 23 heavy (non-hydrogen) atoms. The van der Waals surface area contributed by atoms with Crippen LogP contribution in [-0.4, -0.2) is 31.6 Å². The summed E-state index contributed by atoms with van der Waals surface area (Å²) >= 11 is 13.0. The molecule has 3 aromatic rings. The molecular formula is C13H9Cl2N5O2S. The van der Waals surface area contributed by atoms with E-state index in [1.165, 1.54) is 6.33 Å². The molecule has 0 spiro atoms. The Bertz CT molecular complexity index is 940. The number of hydrogen-bond donors (Lipinski definition) is 3. The zero-order valence-electron chi connectivity index (χ0n) is 11.4. The van der Waals surface area contributed by atoms with Crippen LogP contribution in [0.3, 0.4) is 0 Å². The Kier molecular flexibility index (Phi) is 4.56. The molecule has 0 saturated carbocycles.